The van der Waals surface area contributed by atoms with Gasteiger partial charge in [-0.1, -0.05) is 0 Å². The minimum atomic E-state index is -3.54. The summed E-state index contributed by atoms with van der Waals surface area (Å²) in [5.41, 5.74) is 0.239. The van der Waals surface area contributed by atoms with Crippen molar-refractivity contribution in [3.05, 3.63) is 28.3 Å². The number of nitro benzene ring substituents is 1. The standard InChI is InChI=1S/C15H21N3O4S/c1-10-7-11(9-17(10)12-3-4-12)16-14-6-5-13(18(19)20)8-15(14)23(2,21)22/h5-6,8,10-12,16H,3-4,7,9H2,1-2H3/t10-,11+/m1/s1. The summed E-state index contributed by atoms with van der Waals surface area (Å²) in [6.45, 7) is 3.07. The van der Waals surface area contributed by atoms with Crippen molar-refractivity contribution in [2.24, 2.45) is 0 Å². The zero-order valence-corrected chi connectivity index (χ0v) is 14.0. The average Bonchev–Trinajstić information content (AvgIpc) is 3.22. The predicted octanol–water partition coefficient (Wildman–Crippen LogP) is 2.04. The van der Waals surface area contributed by atoms with Crippen molar-refractivity contribution in [3.63, 3.8) is 0 Å². The van der Waals surface area contributed by atoms with Gasteiger partial charge in [0.1, 0.15) is 0 Å². The van der Waals surface area contributed by atoms with Crippen molar-refractivity contribution in [1.82, 2.24) is 4.90 Å². The van der Waals surface area contributed by atoms with Gasteiger partial charge < -0.3 is 5.32 Å². The fourth-order valence-corrected chi connectivity index (χ4v) is 4.21. The van der Waals surface area contributed by atoms with Gasteiger partial charge in [0.25, 0.3) is 5.69 Å². The van der Waals surface area contributed by atoms with Gasteiger partial charge in [-0.15, -0.1) is 0 Å². The second-order valence-electron chi connectivity index (χ2n) is 6.56. The van der Waals surface area contributed by atoms with Crippen LogP contribution in [0, 0.1) is 10.1 Å². The van der Waals surface area contributed by atoms with Crippen molar-refractivity contribution in [1.29, 1.82) is 0 Å². The molecule has 1 aromatic carbocycles. The third-order valence-electron chi connectivity index (χ3n) is 4.57. The molecule has 1 saturated carbocycles. The molecule has 1 heterocycles. The van der Waals surface area contributed by atoms with Crippen LogP contribution in [0.15, 0.2) is 23.1 Å². The molecule has 2 fully saturated rings. The summed E-state index contributed by atoms with van der Waals surface area (Å²) in [5, 5.41) is 14.2. The van der Waals surface area contributed by atoms with Crippen LogP contribution in [0.1, 0.15) is 26.2 Å². The number of benzene rings is 1. The molecule has 1 aliphatic carbocycles. The number of anilines is 1. The number of likely N-dealkylation sites (tertiary alicyclic amines) is 1. The Morgan fingerprint density at radius 1 is 1.35 bits per heavy atom. The molecule has 2 aliphatic rings. The van der Waals surface area contributed by atoms with Crippen LogP contribution in [0.5, 0.6) is 0 Å². The second kappa shape index (κ2) is 5.76. The maximum absolute atomic E-state index is 12.0. The summed E-state index contributed by atoms with van der Waals surface area (Å²) in [5.74, 6) is 0. The van der Waals surface area contributed by atoms with Crippen molar-refractivity contribution >= 4 is 21.2 Å². The van der Waals surface area contributed by atoms with Gasteiger partial charge in [0.2, 0.25) is 0 Å². The van der Waals surface area contributed by atoms with Gasteiger partial charge in [-0.3, -0.25) is 15.0 Å². The first-order valence-electron chi connectivity index (χ1n) is 7.76. The van der Waals surface area contributed by atoms with Crippen LogP contribution in [0.25, 0.3) is 0 Å². The molecule has 2 atom stereocenters. The monoisotopic (exact) mass is 339 g/mol. The quantitative estimate of drug-likeness (QED) is 0.652. The highest BCUT2D eigenvalue weighted by Gasteiger charge is 2.39. The third-order valence-corrected chi connectivity index (χ3v) is 5.71. The lowest BCUT2D eigenvalue weighted by molar-refractivity contribution is -0.385. The van der Waals surface area contributed by atoms with Crippen molar-refractivity contribution < 1.29 is 13.3 Å². The van der Waals surface area contributed by atoms with Crippen LogP contribution < -0.4 is 5.32 Å². The minimum absolute atomic E-state index is 0.00998. The number of hydrogen-bond donors (Lipinski definition) is 1. The first-order valence-corrected chi connectivity index (χ1v) is 9.65. The van der Waals surface area contributed by atoms with Gasteiger partial charge >= 0.3 is 0 Å². The van der Waals surface area contributed by atoms with Gasteiger partial charge in [-0.05, 0) is 32.3 Å². The lowest BCUT2D eigenvalue weighted by Gasteiger charge is -2.20. The Morgan fingerprint density at radius 2 is 2.04 bits per heavy atom. The molecule has 0 aromatic heterocycles. The van der Waals surface area contributed by atoms with E-state index in [-0.39, 0.29) is 16.6 Å². The van der Waals surface area contributed by atoms with Crippen molar-refractivity contribution in [2.45, 2.75) is 49.2 Å². The first kappa shape index (κ1) is 16.2. The zero-order valence-electron chi connectivity index (χ0n) is 13.2. The average molecular weight is 339 g/mol. The van der Waals surface area contributed by atoms with Gasteiger partial charge in [-0.2, -0.15) is 0 Å². The molecule has 0 amide bonds. The van der Waals surface area contributed by atoms with Gasteiger partial charge in [-0.25, -0.2) is 8.42 Å². The molecule has 1 N–H and O–H groups in total. The van der Waals surface area contributed by atoms with E-state index in [2.05, 4.69) is 17.1 Å². The summed E-state index contributed by atoms with van der Waals surface area (Å²) >= 11 is 0. The number of sulfone groups is 1. The number of non-ortho nitro benzene ring substituents is 1. The summed E-state index contributed by atoms with van der Waals surface area (Å²) in [6, 6.07) is 5.28. The Kier molecular flexibility index (Phi) is 4.05. The number of nitro groups is 1. The van der Waals surface area contributed by atoms with E-state index in [1.807, 2.05) is 0 Å². The molecule has 0 unspecified atom stereocenters. The molecule has 0 radical (unpaired) electrons. The van der Waals surface area contributed by atoms with E-state index in [0.29, 0.717) is 17.8 Å². The lowest BCUT2D eigenvalue weighted by Crippen LogP contribution is -2.31. The number of nitrogens with one attached hydrogen (secondary N) is 1. The molecule has 7 nitrogen and oxygen atoms in total. The summed E-state index contributed by atoms with van der Waals surface area (Å²) < 4.78 is 24.0. The molecule has 23 heavy (non-hydrogen) atoms. The zero-order chi connectivity index (χ0) is 16.8. The predicted molar refractivity (Wildman–Crippen MR) is 87.4 cm³/mol. The third kappa shape index (κ3) is 3.48. The number of nitrogens with zero attached hydrogens (tertiary/aromatic N) is 2. The topological polar surface area (TPSA) is 92.5 Å². The molecule has 1 saturated heterocycles. The van der Waals surface area contributed by atoms with Gasteiger partial charge in [0, 0.05) is 43.1 Å². The number of rotatable bonds is 5. The highest BCUT2D eigenvalue weighted by molar-refractivity contribution is 7.90. The van der Waals surface area contributed by atoms with Crippen LogP contribution in [-0.4, -0.2) is 49.2 Å². The van der Waals surface area contributed by atoms with E-state index < -0.39 is 14.8 Å². The fraction of sp³-hybridized carbons (Fsp3) is 0.600. The molecule has 1 aliphatic heterocycles. The van der Waals surface area contributed by atoms with Crippen LogP contribution in [-0.2, 0) is 9.84 Å². The maximum atomic E-state index is 12.0. The van der Waals surface area contributed by atoms with E-state index in [0.717, 1.165) is 25.3 Å². The molecular weight excluding hydrogens is 318 g/mol. The minimum Gasteiger partial charge on any atom is -0.380 e. The lowest BCUT2D eigenvalue weighted by atomic mass is 10.2. The molecule has 8 heteroatoms. The molecular formula is C15H21N3O4S. The molecule has 1 aromatic rings. The Labute approximate surface area is 135 Å². The second-order valence-corrected chi connectivity index (χ2v) is 8.55. The Morgan fingerprint density at radius 3 is 2.61 bits per heavy atom. The van der Waals surface area contributed by atoms with Crippen LogP contribution in [0.3, 0.4) is 0 Å². The molecule has 0 spiro atoms. The van der Waals surface area contributed by atoms with Crippen LogP contribution in [0.4, 0.5) is 11.4 Å². The molecule has 0 bridgehead atoms. The van der Waals surface area contributed by atoms with Crippen molar-refractivity contribution in [2.75, 3.05) is 18.1 Å². The van der Waals surface area contributed by atoms with E-state index in [9.17, 15) is 18.5 Å². The molecule has 126 valence electrons. The highest BCUT2D eigenvalue weighted by atomic mass is 32.2. The largest absolute Gasteiger partial charge is 0.380 e. The van der Waals surface area contributed by atoms with E-state index >= 15 is 0 Å². The highest BCUT2D eigenvalue weighted by Crippen LogP contribution is 2.35. The molecule has 3 rings (SSSR count). The Hall–Kier alpha value is -1.67. The fourth-order valence-electron chi connectivity index (χ4n) is 3.35. The van der Waals surface area contributed by atoms with E-state index in [1.165, 1.54) is 25.0 Å². The van der Waals surface area contributed by atoms with Gasteiger partial charge in [0.05, 0.1) is 15.5 Å². The SMILES string of the molecule is C[C@@H]1C[C@H](Nc2ccc([N+](=O)[O-])cc2S(C)(=O)=O)CN1C1CC1. The van der Waals surface area contributed by atoms with Crippen molar-refractivity contribution in [3.8, 4) is 0 Å². The van der Waals surface area contributed by atoms with Gasteiger partial charge in [0.15, 0.2) is 9.84 Å². The Balaban J connectivity index is 1.83. The normalized spacial score (nSPS) is 25.5. The first-order chi connectivity index (χ1) is 10.8. The van der Waals surface area contributed by atoms with Crippen LogP contribution >= 0.6 is 0 Å². The van der Waals surface area contributed by atoms with E-state index in [4.69, 9.17) is 0 Å². The smallest absolute Gasteiger partial charge is 0.270 e. The van der Waals surface area contributed by atoms with Crippen LogP contribution in [0.2, 0.25) is 0 Å². The van der Waals surface area contributed by atoms with E-state index in [1.54, 1.807) is 0 Å². The Bertz CT molecular complexity index is 730. The number of hydrogen-bond acceptors (Lipinski definition) is 6. The summed E-state index contributed by atoms with van der Waals surface area (Å²) in [4.78, 5) is 12.8. The summed E-state index contributed by atoms with van der Waals surface area (Å²) in [6.07, 6.45) is 4.49. The maximum Gasteiger partial charge on any atom is 0.270 e. The summed E-state index contributed by atoms with van der Waals surface area (Å²) in [7, 11) is -3.54.